The van der Waals surface area contributed by atoms with E-state index in [1.807, 2.05) is 17.7 Å². The maximum Gasteiger partial charge on any atom is 0.234 e. The average molecular weight is 445 g/mol. The minimum absolute atomic E-state index is 0.110. The number of aromatic nitrogens is 3. The largest absolute Gasteiger partial charge is 0.496 e. The van der Waals surface area contributed by atoms with Gasteiger partial charge >= 0.3 is 0 Å². The quantitative estimate of drug-likeness (QED) is 0.485. The van der Waals surface area contributed by atoms with Crippen LogP contribution in [0, 0.1) is 6.92 Å². The third-order valence-corrected chi connectivity index (χ3v) is 5.95. The number of hydrogen-bond acceptors (Lipinski definition) is 5. The molecule has 1 heterocycles. The molecule has 0 unspecified atom stereocenters. The van der Waals surface area contributed by atoms with Crippen LogP contribution < -0.4 is 10.1 Å². The van der Waals surface area contributed by atoms with Crippen LogP contribution in [0.2, 0.25) is 5.02 Å². The third-order valence-electron chi connectivity index (χ3n) is 4.69. The summed E-state index contributed by atoms with van der Waals surface area (Å²) in [5, 5.41) is 12.7. The molecular formula is C22H25ClN4O2S. The first-order valence-electron chi connectivity index (χ1n) is 9.66. The van der Waals surface area contributed by atoms with Crippen molar-refractivity contribution in [3.63, 3.8) is 0 Å². The fourth-order valence-corrected chi connectivity index (χ4v) is 4.05. The molecule has 2 aromatic carbocycles. The third kappa shape index (κ3) is 6.00. The molecule has 3 aromatic rings. The first-order valence-corrected chi connectivity index (χ1v) is 11.0. The van der Waals surface area contributed by atoms with E-state index in [-0.39, 0.29) is 11.7 Å². The van der Waals surface area contributed by atoms with Crippen molar-refractivity contribution < 1.29 is 9.53 Å². The second kappa shape index (κ2) is 10.5. The lowest BCUT2D eigenvalue weighted by Gasteiger charge is -2.08. The standard InChI is InChI=1S/C22H25ClN4O2S/c1-15-12-16(10-11-19(15)29-3)6-4-9-20-25-26-22(27(20)2)30-14-21(28)24-18-8-5-7-17(23)13-18/h5,7-8,10-13H,4,6,9,14H2,1-3H3,(H,24,28). The van der Waals surface area contributed by atoms with Crippen molar-refractivity contribution in [2.45, 2.75) is 31.3 Å². The van der Waals surface area contributed by atoms with Crippen molar-refractivity contribution in [2.24, 2.45) is 7.05 Å². The van der Waals surface area contributed by atoms with Crippen LogP contribution >= 0.6 is 23.4 Å². The van der Waals surface area contributed by atoms with E-state index in [1.54, 1.807) is 31.4 Å². The van der Waals surface area contributed by atoms with Gasteiger partial charge in [0.25, 0.3) is 0 Å². The number of benzene rings is 2. The molecule has 0 fully saturated rings. The van der Waals surface area contributed by atoms with Gasteiger partial charge in [0.15, 0.2) is 5.16 Å². The Hall–Kier alpha value is -2.51. The molecule has 0 aliphatic carbocycles. The van der Waals surface area contributed by atoms with Gasteiger partial charge in [-0.2, -0.15) is 0 Å². The minimum atomic E-state index is -0.110. The van der Waals surface area contributed by atoms with E-state index in [4.69, 9.17) is 16.3 Å². The van der Waals surface area contributed by atoms with Crippen LogP contribution in [0.25, 0.3) is 0 Å². The van der Waals surface area contributed by atoms with Crippen molar-refractivity contribution in [3.05, 3.63) is 64.4 Å². The summed E-state index contributed by atoms with van der Waals surface area (Å²) in [5.41, 5.74) is 3.10. The van der Waals surface area contributed by atoms with E-state index >= 15 is 0 Å². The molecular weight excluding hydrogens is 420 g/mol. The summed E-state index contributed by atoms with van der Waals surface area (Å²) in [5.74, 6) is 1.97. The molecule has 30 heavy (non-hydrogen) atoms. The number of rotatable bonds is 9. The molecule has 0 radical (unpaired) electrons. The molecule has 1 N–H and O–H groups in total. The highest BCUT2D eigenvalue weighted by atomic mass is 35.5. The molecule has 8 heteroatoms. The molecule has 0 spiro atoms. The van der Waals surface area contributed by atoms with Crippen molar-refractivity contribution in [1.29, 1.82) is 0 Å². The van der Waals surface area contributed by atoms with Crippen molar-refractivity contribution in [3.8, 4) is 5.75 Å². The van der Waals surface area contributed by atoms with Gasteiger partial charge in [-0.15, -0.1) is 10.2 Å². The van der Waals surface area contributed by atoms with Crippen molar-refractivity contribution in [1.82, 2.24) is 14.8 Å². The van der Waals surface area contributed by atoms with Gasteiger partial charge in [-0.3, -0.25) is 4.79 Å². The van der Waals surface area contributed by atoms with E-state index in [0.29, 0.717) is 10.7 Å². The van der Waals surface area contributed by atoms with Crippen molar-refractivity contribution >= 4 is 35.0 Å². The van der Waals surface area contributed by atoms with Gasteiger partial charge in [0.05, 0.1) is 12.9 Å². The summed E-state index contributed by atoms with van der Waals surface area (Å²) >= 11 is 7.31. The molecule has 0 aliphatic rings. The second-order valence-corrected chi connectivity index (χ2v) is 8.34. The summed E-state index contributed by atoms with van der Waals surface area (Å²) in [6, 6.07) is 13.4. The molecule has 6 nitrogen and oxygen atoms in total. The van der Waals surface area contributed by atoms with E-state index in [9.17, 15) is 4.79 Å². The number of nitrogens with one attached hydrogen (secondary N) is 1. The monoisotopic (exact) mass is 444 g/mol. The molecule has 0 saturated heterocycles. The molecule has 0 aliphatic heterocycles. The number of carbonyl (C=O) groups excluding carboxylic acids is 1. The number of hydrogen-bond donors (Lipinski definition) is 1. The lowest BCUT2D eigenvalue weighted by Crippen LogP contribution is -2.14. The Labute approximate surface area is 186 Å². The lowest BCUT2D eigenvalue weighted by atomic mass is 10.0. The van der Waals surface area contributed by atoms with E-state index in [0.717, 1.165) is 41.6 Å². The smallest absolute Gasteiger partial charge is 0.234 e. The van der Waals surface area contributed by atoms with Crippen LogP contribution in [0.1, 0.15) is 23.4 Å². The summed E-state index contributed by atoms with van der Waals surface area (Å²) in [6.45, 7) is 2.05. The zero-order valence-electron chi connectivity index (χ0n) is 17.3. The summed E-state index contributed by atoms with van der Waals surface area (Å²) in [6.07, 6.45) is 2.75. The van der Waals surface area contributed by atoms with Gasteiger partial charge < -0.3 is 14.6 Å². The fourth-order valence-electron chi connectivity index (χ4n) is 3.13. The maximum absolute atomic E-state index is 12.2. The molecule has 1 amide bonds. The number of amides is 1. The average Bonchev–Trinajstić information content (AvgIpc) is 3.06. The first-order chi connectivity index (χ1) is 14.5. The van der Waals surface area contributed by atoms with Crippen LogP contribution in [0.3, 0.4) is 0 Å². The molecule has 0 bridgehead atoms. The fraction of sp³-hybridized carbons (Fsp3) is 0.318. The predicted molar refractivity (Wildman–Crippen MR) is 122 cm³/mol. The number of halogens is 1. The van der Waals surface area contributed by atoms with Crippen molar-refractivity contribution in [2.75, 3.05) is 18.2 Å². The number of nitrogens with zero attached hydrogens (tertiary/aromatic N) is 3. The highest BCUT2D eigenvalue weighted by Gasteiger charge is 2.12. The molecule has 0 saturated carbocycles. The predicted octanol–water partition coefficient (Wildman–Crippen LogP) is 4.69. The zero-order chi connectivity index (χ0) is 21.5. The topological polar surface area (TPSA) is 69.0 Å². The highest BCUT2D eigenvalue weighted by molar-refractivity contribution is 7.99. The molecule has 1 aromatic heterocycles. The Kier molecular flexibility index (Phi) is 7.76. The van der Waals surface area contributed by atoms with Crippen LogP contribution in [-0.2, 0) is 24.7 Å². The Morgan fingerprint density at radius 3 is 2.77 bits per heavy atom. The Bertz CT molecular complexity index is 1020. The number of methoxy groups -OCH3 is 1. The molecule has 0 atom stereocenters. The second-order valence-electron chi connectivity index (χ2n) is 6.96. The number of carbonyl (C=O) groups is 1. The maximum atomic E-state index is 12.2. The van der Waals surface area contributed by atoms with Gasteiger partial charge in [-0.25, -0.2) is 0 Å². The van der Waals surface area contributed by atoms with Crippen LogP contribution in [-0.4, -0.2) is 33.5 Å². The number of aryl methyl sites for hydroxylation is 3. The summed E-state index contributed by atoms with van der Waals surface area (Å²) in [7, 11) is 3.62. The summed E-state index contributed by atoms with van der Waals surface area (Å²) in [4.78, 5) is 12.2. The Balaban J connectivity index is 1.48. The van der Waals surface area contributed by atoms with Crippen LogP contribution in [0.5, 0.6) is 5.75 Å². The van der Waals surface area contributed by atoms with E-state index < -0.39 is 0 Å². The normalized spacial score (nSPS) is 10.8. The molecule has 158 valence electrons. The number of thioether (sulfide) groups is 1. The number of ether oxygens (including phenoxy) is 1. The van der Waals surface area contributed by atoms with Gasteiger partial charge in [0, 0.05) is 24.2 Å². The summed E-state index contributed by atoms with van der Waals surface area (Å²) < 4.78 is 7.27. The molecule has 3 rings (SSSR count). The Morgan fingerprint density at radius 2 is 2.03 bits per heavy atom. The van der Waals surface area contributed by atoms with Gasteiger partial charge in [0.1, 0.15) is 11.6 Å². The Morgan fingerprint density at radius 1 is 1.20 bits per heavy atom. The van der Waals surface area contributed by atoms with Crippen LogP contribution in [0.4, 0.5) is 5.69 Å². The highest BCUT2D eigenvalue weighted by Crippen LogP contribution is 2.21. The lowest BCUT2D eigenvalue weighted by molar-refractivity contribution is -0.113. The SMILES string of the molecule is COc1ccc(CCCc2nnc(SCC(=O)Nc3cccc(Cl)c3)n2C)cc1C. The number of anilines is 1. The van der Waals surface area contributed by atoms with Gasteiger partial charge in [-0.1, -0.05) is 41.6 Å². The van der Waals surface area contributed by atoms with Gasteiger partial charge in [-0.05, 0) is 55.2 Å². The zero-order valence-corrected chi connectivity index (χ0v) is 18.9. The minimum Gasteiger partial charge on any atom is -0.496 e. The van der Waals surface area contributed by atoms with E-state index in [1.165, 1.54) is 17.3 Å². The first kappa shape index (κ1) is 22.2. The van der Waals surface area contributed by atoms with Gasteiger partial charge in [0.2, 0.25) is 5.91 Å². The van der Waals surface area contributed by atoms with E-state index in [2.05, 4.69) is 34.6 Å². The van der Waals surface area contributed by atoms with Crippen LogP contribution in [0.15, 0.2) is 47.6 Å².